The second-order valence-electron chi connectivity index (χ2n) is 6.60. The van der Waals surface area contributed by atoms with Crippen molar-refractivity contribution in [2.75, 3.05) is 19.7 Å². The Morgan fingerprint density at radius 3 is 2.61 bits per heavy atom. The Morgan fingerprint density at radius 1 is 1.30 bits per heavy atom. The zero-order chi connectivity index (χ0) is 17.2. The average molecular weight is 328 g/mol. The molecule has 0 saturated heterocycles. The predicted molar refractivity (Wildman–Crippen MR) is 89.3 cm³/mol. The fourth-order valence-corrected chi connectivity index (χ4v) is 2.96. The molecule has 3 N–H and O–H groups in total. The van der Waals surface area contributed by atoms with Crippen molar-refractivity contribution in [3.63, 3.8) is 0 Å². The molecule has 134 valence electrons. The van der Waals surface area contributed by atoms with E-state index in [1.807, 2.05) is 13.8 Å². The molecule has 1 aliphatic carbocycles. The quantitative estimate of drug-likeness (QED) is 0.532. The molecule has 1 saturated carbocycles. The van der Waals surface area contributed by atoms with E-state index in [0.717, 1.165) is 12.8 Å². The van der Waals surface area contributed by atoms with Crippen LogP contribution in [0.2, 0.25) is 0 Å². The van der Waals surface area contributed by atoms with Gasteiger partial charge in [0.05, 0.1) is 19.3 Å². The van der Waals surface area contributed by atoms with Gasteiger partial charge in [-0.1, -0.05) is 40.0 Å². The van der Waals surface area contributed by atoms with E-state index >= 15 is 0 Å². The van der Waals surface area contributed by atoms with Crippen LogP contribution in [-0.2, 0) is 14.3 Å². The number of carboxylic acid groups (broad SMARTS) is 1. The molecule has 1 rings (SSSR count). The van der Waals surface area contributed by atoms with Gasteiger partial charge >= 0.3 is 5.97 Å². The van der Waals surface area contributed by atoms with E-state index in [4.69, 9.17) is 9.84 Å². The number of carbonyl (C=O) groups is 2. The highest BCUT2D eigenvalue weighted by Crippen LogP contribution is 2.25. The summed E-state index contributed by atoms with van der Waals surface area (Å²) in [4.78, 5) is 22.9. The van der Waals surface area contributed by atoms with E-state index in [2.05, 4.69) is 17.6 Å². The molecule has 2 unspecified atom stereocenters. The van der Waals surface area contributed by atoms with Crippen molar-refractivity contribution in [2.45, 2.75) is 65.0 Å². The summed E-state index contributed by atoms with van der Waals surface area (Å²) in [7, 11) is 0. The highest BCUT2D eigenvalue weighted by Gasteiger charge is 2.24. The predicted octanol–water partition coefficient (Wildman–Crippen LogP) is 1.79. The van der Waals surface area contributed by atoms with E-state index in [0.29, 0.717) is 25.2 Å². The molecule has 1 fully saturated rings. The van der Waals surface area contributed by atoms with Crippen molar-refractivity contribution in [1.29, 1.82) is 0 Å². The van der Waals surface area contributed by atoms with Crippen LogP contribution in [0.5, 0.6) is 0 Å². The van der Waals surface area contributed by atoms with Gasteiger partial charge in [-0.05, 0) is 24.7 Å². The van der Waals surface area contributed by atoms with Gasteiger partial charge in [-0.3, -0.25) is 14.9 Å². The van der Waals surface area contributed by atoms with Crippen LogP contribution in [0.1, 0.15) is 52.9 Å². The van der Waals surface area contributed by atoms with Crippen molar-refractivity contribution in [1.82, 2.24) is 10.6 Å². The van der Waals surface area contributed by atoms with Crippen LogP contribution in [-0.4, -0.2) is 48.8 Å². The molecule has 23 heavy (non-hydrogen) atoms. The Labute approximate surface area is 139 Å². The number of aliphatic carboxylic acids is 1. The summed E-state index contributed by atoms with van der Waals surface area (Å²) in [5.41, 5.74) is 0. The first-order valence-corrected chi connectivity index (χ1v) is 8.80. The summed E-state index contributed by atoms with van der Waals surface area (Å²) in [5.74, 6) is -0.536. The first-order valence-electron chi connectivity index (χ1n) is 8.80. The molecule has 0 aromatic rings. The first-order chi connectivity index (χ1) is 11.0. The number of rotatable bonds is 10. The maximum absolute atomic E-state index is 11.8. The van der Waals surface area contributed by atoms with Crippen molar-refractivity contribution in [2.24, 2.45) is 11.8 Å². The van der Waals surface area contributed by atoms with Crippen molar-refractivity contribution in [3.8, 4) is 0 Å². The van der Waals surface area contributed by atoms with Gasteiger partial charge in [-0.25, -0.2) is 0 Å². The third-order valence-electron chi connectivity index (χ3n) is 4.75. The molecule has 0 heterocycles. The molecule has 4 atom stereocenters. The summed E-state index contributed by atoms with van der Waals surface area (Å²) < 4.78 is 5.84. The number of hydrogen-bond donors (Lipinski definition) is 3. The Kier molecular flexibility index (Phi) is 9.17. The molecule has 0 aliphatic heterocycles. The van der Waals surface area contributed by atoms with Crippen LogP contribution >= 0.6 is 0 Å². The van der Waals surface area contributed by atoms with Crippen LogP contribution < -0.4 is 10.6 Å². The molecule has 1 aliphatic rings. The normalized spacial score (nSPS) is 24.0. The summed E-state index contributed by atoms with van der Waals surface area (Å²) in [6.07, 6.45) is 5.88. The molecule has 1 amide bonds. The number of carbonyl (C=O) groups excluding carboxylic acids is 1. The average Bonchev–Trinajstić information content (AvgIpc) is 2.52. The molecular formula is C17H32N2O4. The van der Waals surface area contributed by atoms with Gasteiger partial charge in [0.15, 0.2) is 0 Å². The van der Waals surface area contributed by atoms with E-state index in [9.17, 15) is 9.59 Å². The van der Waals surface area contributed by atoms with E-state index in [1.54, 1.807) is 0 Å². The summed E-state index contributed by atoms with van der Waals surface area (Å²) in [6, 6.07) is -0.690. The van der Waals surface area contributed by atoms with E-state index in [-0.39, 0.29) is 18.4 Å². The molecule has 0 spiro atoms. The van der Waals surface area contributed by atoms with E-state index in [1.165, 1.54) is 19.3 Å². The zero-order valence-corrected chi connectivity index (χ0v) is 14.6. The van der Waals surface area contributed by atoms with Crippen LogP contribution in [0.3, 0.4) is 0 Å². The molecule has 0 aromatic heterocycles. The highest BCUT2D eigenvalue weighted by molar-refractivity contribution is 5.79. The molecule has 0 bridgehead atoms. The zero-order valence-electron chi connectivity index (χ0n) is 14.6. The lowest BCUT2D eigenvalue weighted by Gasteiger charge is -2.28. The smallest absolute Gasteiger partial charge is 0.320 e. The Balaban J connectivity index is 2.17. The summed E-state index contributed by atoms with van der Waals surface area (Å²) >= 11 is 0. The lowest BCUT2D eigenvalue weighted by atomic mass is 9.88. The first kappa shape index (κ1) is 19.9. The van der Waals surface area contributed by atoms with Crippen LogP contribution in [0.4, 0.5) is 0 Å². The molecule has 0 radical (unpaired) electrons. The van der Waals surface area contributed by atoms with Crippen LogP contribution in [0.25, 0.3) is 0 Å². The summed E-state index contributed by atoms with van der Waals surface area (Å²) in [5, 5.41) is 14.7. The summed E-state index contributed by atoms with van der Waals surface area (Å²) in [6.45, 7) is 7.00. The molecule has 0 aromatic carbocycles. The van der Waals surface area contributed by atoms with Gasteiger partial charge < -0.3 is 15.2 Å². The van der Waals surface area contributed by atoms with Gasteiger partial charge in [0.1, 0.15) is 6.04 Å². The van der Waals surface area contributed by atoms with Crippen LogP contribution in [0, 0.1) is 11.8 Å². The number of hydrogen-bond acceptors (Lipinski definition) is 4. The molecule has 6 nitrogen and oxygen atoms in total. The Hall–Kier alpha value is -1.14. The largest absolute Gasteiger partial charge is 0.480 e. The number of carboxylic acids is 1. The Morgan fingerprint density at radius 2 is 2.00 bits per heavy atom. The maximum atomic E-state index is 11.8. The number of nitrogens with one attached hydrogen (secondary N) is 2. The second kappa shape index (κ2) is 10.6. The third-order valence-corrected chi connectivity index (χ3v) is 4.75. The van der Waals surface area contributed by atoms with Crippen LogP contribution in [0.15, 0.2) is 0 Å². The third kappa shape index (κ3) is 7.31. The fourth-order valence-electron chi connectivity index (χ4n) is 2.96. The lowest BCUT2D eigenvalue weighted by Crippen LogP contribution is -2.46. The van der Waals surface area contributed by atoms with Crippen molar-refractivity contribution in [3.05, 3.63) is 0 Å². The van der Waals surface area contributed by atoms with E-state index < -0.39 is 12.0 Å². The highest BCUT2D eigenvalue weighted by atomic mass is 16.5. The lowest BCUT2D eigenvalue weighted by molar-refractivity contribution is -0.141. The van der Waals surface area contributed by atoms with Gasteiger partial charge in [-0.2, -0.15) is 0 Å². The van der Waals surface area contributed by atoms with Gasteiger partial charge in [-0.15, -0.1) is 0 Å². The maximum Gasteiger partial charge on any atom is 0.320 e. The topological polar surface area (TPSA) is 87.7 Å². The van der Waals surface area contributed by atoms with Gasteiger partial charge in [0, 0.05) is 6.54 Å². The number of ether oxygens (including phenoxy) is 1. The van der Waals surface area contributed by atoms with Crippen molar-refractivity contribution >= 4 is 11.9 Å². The minimum absolute atomic E-state index is 0.0150. The SMILES string of the molecule is CC[C@H](C)[C@H](NCC(=O)NCCOC1CCCCC1C)C(=O)O. The second-order valence-corrected chi connectivity index (χ2v) is 6.60. The standard InChI is InChI=1S/C17H32N2O4/c1-4-12(2)16(17(21)22)19-11-15(20)18-9-10-23-14-8-6-5-7-13(14)3/h12-14,16,19H,4-11H2,1-3H3,(H,18,20)(H,21,22)/t12-,13?,14?,16-/m0/s1. The number of amides is 1. The molecular weight excluding hydrogens is 296 g/mol. The fraction of sp³-hybridized carbons (Fsp3) is 0.882. The Bertz CT molecular complexity index is 376. The molecule has 6 heteroatoms. The monoisotopic (exact) mass is 328 g/mol. The minimum atomic E-state index is -0.915. The van der Waals surface area contributed by atoms with Gasteiger partial charge in [0.25, 0.3) is 0 Å². The van der Waals surface area contributed by atoms with Crippen molar-refractivity contribution < 1.29 is 19.4 Å². The minimum Gasteiger partial charge on any atom is -0.480 e. The van der Waals surface area contributed by atoms with Gasteiger partial charge in [0.2, 0.25) is 5.91 Å².